The Hall–Kier alpha value is -1.75. The number of rotatable bonds is 8. The van der Waals surface area contributed by atoms with E-state index in [1.807, 2.05) is 6.92 Å². The number of aryl methyl sites for hydroxylation is 1. The molecule has 0 bridgehead atoms. The van der Waals surface area contributed by atoms with Crippen LogP contribution in [0.25, 0.3) is 0 Å². The van der Waals surface area contributed by atoms with Gasteiger partial charge in [0.2, 0.25) is 0 Å². The number of nitrogens with zero attached hydrogens (tertiary/aromatic N) is 2. The van der Waals surface area contributed by atoms with E-state index in [2.05, 4.69) is 6.58 Å². The van der Waals surface area contributed by atoms with E-state index in [9.17, 15) is 9.59 Å². The fraction of sp³-hybridized carbons (Fsp3) is 0.467. The number of ether oxygens (including phenoxy) is 1. The zero-order chi connectivity index (χ0) is 15.8. The number of aromatic nitrogens is 1. The average Bonchev–Trinajstić information content (AvgIpc) is 2.79. The lowest BCUT2D eigenvalue weighted by Crippen LogP contribution is -2.37. The third-order valence-electron chi connectivity index (χ3n) is 2.81. The predicted molar refractivity (Wildman–Crippen MR) is 82.5 cm³/mol. The first-order valence-corrected chi connectivity index (χ1v) is 7.32. The predicted octanol–water partition coefficient (Wildman–Crippen LogP) is 2.74. The summed E-state index contributed by atoms with van der Waals surface area (Å²) in [7, 11) is 0. The average molecular weight is 313 g/mol. The maximum absolute atomic E-state index is 12.6. The molecule has 0 radical (unpaired) electrons. The largest absolute Gasteiger partial charge is 0.465 e. The topological polar surface area (TPSA) is 51.5 Å². The Bertz CT molecular complexity index is 511. The van der Waals surface area contributed by atoms with E-state index < -0.39 is 5.97 Å². The molecule has 116 valence electrons. The van der Waals surface area contributed by atoms with Crippen molar-refractivity contribution in [3.8, 4) is 0 Å². The molecule has 6 heteroatoms. The molecule has 0 atom stereocenters. The molecule has 0 aliphatic heterocycles. The van der Waals surface area contributed by atoms with E-state index in [0.29, 0.717) is 17.3 Å². The second kappa shape index (κ2) is 8.52. The zero-order valence-electron chi connectivity index (χ0n) is 12.5. The Labute approximate surface area is 130 Å². The van der Waals surface area contributed by atoms with Crippen molar-refractivity contribution in [1.82, 2.24) is 9.47 Å². The van der Waals surface area contributed by atoms with Gasteiger partial charge in [0.15, 0.2) is 0 Å². The van der Waals surface area contributed by atoms with Crippen LogP contribution in [-0.2, 0) is 16.1 Å². The minimum atomic E-state index is -0.438. The summed E-state index contributed by atoms with van der Waals surface area (Å²) in [5.41, 5.74) is 0.466. The number of hydrogen-bond donors (Lipinski definition) is 0. The van der Waals surface area contributed by atoms with Crippen molar-refractivity contribution in [3.63, 3.8) is 0 Å². The fourth-order valence-corrected chi connectivity index (χ4v) is 2.20. The van der Waals surface area contributed by atoms with Crippen LogP contribution in [0.4, 0.5) is 0 Å². The molecule has 0 N–H and O–H groups in total. The van der Waals surface area contributed by atoms with Crippen LogP contribution < -0.4 is 0 Å². The molecule has 0 aromatic carbocycles. The third-order valence-corrected chi connectivity index (χ3v) is 3.02. The summed E-state index contributed by atoms with van der Waals surface area (Å²) in [6.07, 6.45) is 4.17. The van der Waals surface area contributed by atoms with Crippen molar-refractivity contribution >= 4 is 23.5 Å². The van der Waals surface area contributed by atoms with Gasteiger partial charge in [-0.25, -0.2) is 0 Å². The van der Waals surface area contributed by atoms with Crippen molar-refractivity contribution in [2.45, 2.75) is 26.8 Å². The maximum Gasteiger partial charge on any atom is 0.325 e. The highest BCUT2D eigenvalue weighted by molar-refractivity contribution is 6.31. The molecule has 0 fully saturated rings. The molecule has 0 aliphatic carbocycles. The molecule has 0 unspecified atom stereocenters. The van der Waals surface area contributed by atoms with Gasteiger partial charge < -0.3 is 14.2 Å². The van der Waals surface area contributed by atoms with Crippen LogP contribution in [0, 0.1) is 0 Å². The molecule has 1 aromatic rings. The number of amides is 1. The fourth-order valence-electron chi connectivity index (χ4n) is 1.98. The second-order valence-electron chi connectivity index (χ2n) is 4.52. The molecule has 1 rings (SSSR count). The number of carbonyl (C=O) groups excluding carboxylic acids is 2. The first-order chi connectivity index (χ1) is 10.0. The van der Waals surface area contributed by atoms with Gasteiger partial charge in [0, 0.05) is 19.3 Å². The van der Waals surface area contributed by atoms with Crippen molar-refractivity contribution < 1.29 is 14.3 Å². The highest BCUT2D eigenvalue weighted by Crippen LogP contribution is 2.17. The lowest BCUT2D eigenvalue weighted by molar-refractivity contribution is -0.143. The summed E-state index contributed by atoms with van der Waals surface area (Å²) >= 11 is 5.98. The Balaban J connectivity index is 2.94. The van der Waals surface area contributed by atoms with E-state index in [-0.39, 0.29) is 25.6 Å². The molecule has 1 amide bonds. The highest BCUT2D eigenvalue weighted by atomic mass is 35.5. The molecular weight excluding hydrogens is 292 g/mol. The van der Waals surface area contributed by atoms with Crippen LogP contribution in [0.5, 0.6) is 0 Å². The molecule has 0 saturated heterocycles. The normalized spacial score (nSPS) is 10.2. The van der Waals surface area contributed by atoms with Gasteiger partial charge in [-0.05, 0) is 19.4 Å². The van der Waals surface area contributed by atoms with Crippen molar-refractivity contribution in [2.75, 3.05) is 19.7 Å². The molecule has 0 saturated carbocycles. The van der Waals surface area contributed by atoms with Crippen LogP contribution in [0.2, 0.25) is 5.02 Å². The quantitative estimate of drug-likeness (QED) is 0.548. The number of esters is 1. The number of hydrogen-bond acceptors (Lipinski definition) is 3. The SMILES string of the molecule is C=CCN(CC(=O)OCC)C(=O)c1cc(Cl)cn1CCC. The minimum absolute atomic E-state index is 0.104. The second-order valence-corrected chi connectivity index (χ2v) is 4.95. The van der Waals surface area contributed by atoms with E-state index in [4.69, 9.17) is 16.3 Å². The Morgan fingerprint density at radius 1 is 1.48 bits per heavy atom. The molecular formula is C15H21ClN2O3. The highest BCUT2D eigenvalue weighted by Gasteiger charge is 2.21. The Morgan fingerprint density at radius 3 is 2.76 bits per heavy atom. The first-order valence-electron chi connectivity index (χ1n) is 6.94. The van der Waals surface area contributed by atoms with Crippen molar-refractivity contribution in [3.05, 3.63) is 35.6 Å². The molecule has 1 heterocycles. The number of halogens is 1. The van der Waals surface area contributed by atoms with Crippen molar-refractivity contribution in [2.24, 2.45) is 0 Å². The van der Waals surface area contributed by atoms with Crippen LogP contribution in [0.15, 0.2) is 24.9 Å². The van der Waals surface area contributed by atoms with Crippen LogP contribution >= 0.6 is 11.6 Å². The summed E-state index contributed by atoms with van der Waals surface area (Å²) in [6.45, 7) is 8.50. The Morgan fingerprint density at radius 2 is 2.19 bits per heavy atom. The Kier molecular flexibility index (Phi) is 7.02. The van der Waals surface area contributed by atoms with Gasteiger partial charge in [-0.2, -0.15) is 0 Å². The van der Waals surface area contributed by atoms with Crippen LogP contribution in [0.1, 0.15) is 30.8 Å². The first kappa shape index (κ1) is 17.3. The zero-order valence-corrected chi connectivity index (χ0v) is 13.2. The molecule has 0 spiro atoms. The van der Waals surface area contributed by atoms with Gasteiger partial charge >= 0.3 is 5.97 Å². The van der Waals surface area contributed by atoms with Crippen LogP contribution in [0.3, 0.4) is 0 Å². The van der Waals surface area contributed by atoms with Gasteiger partial charge in [-0.3, -0.25) is 9.59 Å². The van der Waals surface area contributed by atoms with Gasteiger partial charge in [-0.15, -0.1) is 6.58 Å². The summed E-state index contributed by atoms with van der Waals surface area (Å²) in [4.78, 5) is 25.6. The lowest BCUT2D eigenvalue weighted by Gasteiger charge is -2.20. The molecule has 0 aliphatic rings. The van der Waals surface area contributed by atoms with E-state index >= 15 is 0 Å². The van der Waals surface area contributed by atoms with Gasteiger partial charge in [-0.1, -0.05) is 24.6 Å². The van der Waals surface area contributed by atoms with Crippen LogP contribution in [-0.4, -0.2) is 41.0 Å². The minimum Gasteiger partial charge on any atom is -0.465 e. The number of carbonyl (C=O) groups is 2. The van der Waals surface area contributed by atoms with Gasteiger partial charge in [0.25, 0.3) is 5.91 Å². The smallest absolute Gasteiger partial charge is 0.325 e. The van der Waals surface area contributed by atoms with E-state index in [1.165, 1.54) is 4.90 Å². The summed E-state index contributed by atoms with van der Waals surface area (Å²) in [6, 6.07) is 1.61. The standard InChI is InChI=1S/C15H21ClN2O3/c1-4-7-17-10-12(16)9-13(17)15(20)18(8-5-2)11-14(19)21-6-3/h5,9-10H,2,4,6-8,11H2,1,3H3. The molecule has 21 heavy (non-hydrogen) atoms. The third kappa shape index (κ3) is 4.93. The van der Waals surface area contributed by atoms with Crippen molar-refractivity contribution in [1.29, 1.82) is 0 Å². The lowest BCUT2D eigenvalue weighted by atomic mass is 10.3. The van der Waals surface area contributed by atoms with E-state index in [0.717, 1.165) is 6.42 Å². The maximum atomic E-state index is 12.6. The summed E-state index contributed by atoms with van der Waals surface area (Å²) < 4.78 is 6.69. The van der Waals surface area contributed by atoms with Gasteiger partial charge in [0.1, 0.15) is 12.2 Å². The van der Waals surface area contributed by atoms with E-state index in [1.54, 1.807) is 29.8 Å². The molecule has 1 aromatic heterocycles. The summed E-state index contributed by atoms with van der Waals surface area (Å²) in [5.74, 6) is -0.698. The summed E-state index contributed by atoms with van der Waals surface area (Å²) in [5, 5.41) is 0.501. The molecule has 5 nitrogen and oxygen atoms in total. The monoisotopic (exact) mass is 312 g/mol. The van der Waals surface area contributed by atoms with Gasteiger partial charge in [0.05, 0.1) is 11.6 Å².